The first-order chi connectivity index (χ1) is 9.45. The van der Waals surface area contributed by atoms with Gasteiger partial charge in [-0.2, -0.15) is 0 Å². The summed E-state index contributed by atoms with van der Waals surface area (Å²) in [5.74, 6) is -0.215. The molecule has 106 valence electrons. The van der Waals surface area contributed by atoms with Gasteiger partial charge in [0.2, 0.25) is 0 Å². The third-order valence-corrected chi connectivity index (χ3v) is 5.76. The fourth-order valence-electron chi connectivity index (χ4n) is 4.90. The highest BCUT2D eigenvalue weighted by atomic mass is 16.6. The van der Waals surface area contributed by atoms with E-state index in [4.69, 9.17) is 9.47 Å². The molecule has 1 unspecified atom stereocenters. The molecule has 20 heavy (non-hydrogen) atoms. The van der Waals surface area contributed by atoms with Crippen LogP contribution in [-0.4, -0.2) is 24.6 Å². The zero-order valence-electron chi connectivity index (χ0n) is 11.8. The highest BCUT2D eigenvalue weighted by Crippen LogP contribution is 2.63. The van der Waals surface area contributed by atoms with Gasteiger partial charge in [-0.25, -0.2) is 4.79 Å². The van der Waals surface area contributed by atoms with Crippen molar-refractivity contribution in [3.63, 3.8) is 0 Å². The largest absolute Gasteiger partial charge is 0.458 e. The maximum Gasteiger partial charge on any atom is 0.331 e. The van der Waals surface area contributed by atoms with Crippen LogP contribution in [0.2, 0.25) is 0 Å². The Hall–Kier alpha value is -1.58. The van der Waals surface area contributed by atoms with E-state index in [1.54, 1.807) is 6.08 Å². The van der Waals surface area contributed by atoms with Gasteiger partial charge in [0.15, 0.2) is 0 Å². The van der Waals surface area contributed by atoms with E-state index in [0.717, 1.165) is 30.4 Å². The standard InChI is InChI=1S/C16H18O4/c1-15-4-3-5-16(2)13(15)11(20-14(16)18)6-9-8-19-12(17)7-10(9)15/h6-7,11,13H,3-5,8H2,1-2H3/t11?,13-,15-,16+/m1/s1. The summed E-state index contributed by atoms with van der Waals surface area (Å²) < 4.78 is 10.7. The molecule has 1 saturated carbocycles. The molecule has 4 rings (SSSR count). The summed E-state index contributed by atoms with van der Waals surface area (Å²) in [7, 11) is 0. The third-order valence-electron chi connectivity index (χ3n) is 5.76. The van der Waals surface area contributed by atoms with Crippen molar-refractivity contribution in [3.05, 3.63) is 23.3 Å². The molecule has 0 amide bonds. The van der Waals surface area contributed by atoms with Crippen molar-refractivity contribution in [1.29, 1.82) is 0 Å². The molecule has 0 bridgehead atoms. The van der Waals surface area contributed by atoms with Crippen molar-refractivity contribution in [3.8, 4) is 0 Å². The molecular formula is C16H18O4. The van der Waals surface area contributed by atoms with Gasteiger partial charge in [0, 0.05) is 17.4 Å². The number of hydrogen-bond donors (Lipinski definition) is 0. The van der Waals surface area contributed by atoms with E-state index in [0.29, 0.717) is 6.61 Å². The van der Waals surface area contributed by atoms with Crippen LogP contribution in [0.5, 0.6) is 0 Å². The number of hydrogen-bond acceptors (Lipinski definition) is 4. The quantitative estimate of drug-likeness (QED) is 0.635. The number of carbonyl (C=O) groups excluding carboxylic acids is 2. The van der Waals surface area contributed by atoms with Crippen LogP contribution in [0.25, 0.3) is 0 Å². The van der Waals surface area contributed by atoms with E-state index in [1.807, 2.05) is 13.0 Å². The Labute approximate surface area is 117 Å². The normalized spacial score (nSPS) is 45.7. The molecule has 2 aliphatic heterocycles. The zero-order valence-corrected chi connectivity index (χ0v) is 11.8. The molecule has 0 aromatic rings. The summed E-state index contributed by atoms with van der Waals surface area (Å²) in [6.45, 7) is 4.51. The lowest BCUT2D eigenvalue weighted by Crippen LogP contribution is -2.50. The first-order valence-electron chi connectivity index (χ1n) is 7.26. The minimum absolute atomic E-state index is 0.0817. The topological polar surface area (TPSA) is 52.6 Å². The molecule has 2 heterocycles. The fourth-order valence-corrected chi connectivity index (χ4v) is 4.90. The van der Waals surface area contributed by atoms with Gasteiger partial charge in [0.1, 0.15) is 12.7 Å². The van der Waals surface area contributed by atoms with Gasteiger partial charge < -0.3 is 9.47 Å². The van der Waals surface area contributed by atoms with Gasteiger partial charge in [-0.3, -0.25) is 4.79 Å². The molecule has 4 heteroatoms. The highest BCUT2D eigenvalue weighted by molar-refractivity contribution is 5.87. The molecule has 2 fully saturated rings. The van der Waals surface area contributed by atoms with Crippen LogP contribution in [0, 0.1) is 16.7 Å². The first-order valence-corrected chi connectivity index (χ1v) is 7.26. The van der Waals surface area contributed by atoms with E-state index in [-0.39, 0.29) is 29.4 Å². The van der Waals surface area contributed by atoms with Crippen LogP contribution in [0.1, 0.15) is 33.1 Å². The SMILES string of the molecule is C[C@@]12CCC[C@]3(C)C4=CC(=O)OCC4=CC(OC1=O)[C@@H]23. The molecular weight excluding hydrogens is 256 g/mol. The van der Waals surface area contributed by atoms with Gasteiger partial charge in [-0.05, 0) is 37.0 Å². The van der Waals surface area contributed by atoms with E-state index < -0.39 is 5.41 Å². The average molecular weight is 274 g/mol. The Morgan fingerprint density at radius 2 is 1.95 bits per heavy atom. The summed E-state index contributed by atoms with van der Waals surface area (Å²) >= 11 is 0. The second-order valence-corrected chi connectivity index (χ2v) is 6.89. The van der Waals surface area contributed by atoms with Crippen molar-refractivity contribution in [2.75, 3.05) is 6.61 Å². The zero-order chi connectivity index (χ0) is 14.1. The number of carbonyl (C=O) groups is 2. The van der Waals surface area contributed by atoms with Crippen molar-refractivity contribution in [2.24, 2.45) is 16.7 Å². The molecule has 0 radical (unpaired) electrons. The van der Waals surface area contributed by atoms with Crippen LogP contribution >= 0.6 is 0 Å². The Kier molecular flexibility index (Phi) is 2.16. The Morgan fingerprint density at radius 1 is 1.20 bits per heavy atom. The average Bonchev–Trinajstić information content (AvgIpc) is 2.64. The summed E-state index contributed by atoms with van der Waals surface area (Å²) in [6.07, 6.45) is 6.33. The van der Waals surface area contributed by atoms with Crippen LogP contribution in [0.4, 0.5) is 0 Å². The highest BCUT2D eigenvalue weighted by Gasteiger charge is 2.64. The summed E-state index contributed by atoms with van der Waals surface area (Å²) in [6, 6.07) is 0. The predicted molar refractivity (Wildman–Crippen MR) is 70.6 cm³/mol. The van der Waals surface area contributed by atoms with Crippen LogP contribution in [0.15, 0.2) is 23.3 Å². The van der Waals surface area contributed by atoms with Gasteiger partial charge in [-0.15, -0.1) is 0 Å². The van der Waals surface area contributed by atoms with Crippen LogP contribution in [0.3, 0.4) is 0 Å². The lowest BCUT2D eigenvalue weighted by molar-refractivity contribution is -0.148. The molecule has 0 N–H and O–H groups in total. The molecule has 1 saturated heterocycles. The number of rotatable bonds is 0. The Balaban J connectivity index is 1.93. The van der Waals surface area contributed by atoms with E-state index >= 15 is 0 Å². The second-order valence-electron chi connectivity index (χ2n) is 6.89. The molecule has 0 aromatic heterocycles. The summed E-state index contributed by atoms with van der Waals surface area (Å²) in [5, 5.41) is 0. The number of ether oxygens (including phenoxy) is 2. The van der Waals surface area contributed by atoms with Crippen molar-refractivity contribution < 1.29 is 19.1 Å². The number of esters is 2. The maximum absolute atomic E-state index is 12.3. The van der Waals surface area contributed by atoms with Gasteiger partial charge >= 0.3 is 11.9 Å². The number of cyclic esters (lactones) is 1. The molecule has 4 atom stereocenters. The molecule has 0 aromatic carbocycles. The van der Waals surface area contributed by atoms with Gasteiger partial charge in [0.25, 0.3) is 0 Å². The van der Waals surface area contributed by atoms with Crippen LogP contribution < -0.4 is 0 Å². The lowest BCUT2D eigenvalue weighted by atomic mass is 9.50. The van der Waals surface area contributed by atoms with Crippen molar-refractivity contribution >= 4 is 11.9 Å². The summed E-state index contributed by atoms with van der Waals surface area (Å²) in [4.78, 5) is 23.9. The predicted octanol–water partition coefficient (Wildman–Crippen LogP) is 2.15. The monoisotopic (exact) mass is 274 g/mol. The van der Waals surface area contributed by atoms with Gasteiger partial charge in [-0.1, -0.05) is 13.3 Å². The molecule has 4 aliphatic rings. The molecule has 0 spiro atoms. The Morgan fingerprint density at radius 3 is 2.75 bits per heavy atom. The van der Waals surface area contributed by atoms with Crippen molar-refractivity contribution in [1.82, 2.24) is 0 Å². The van der Waals surface area contributed by atoms with Crippen molar-refractivity contribution in [2.45, 2.75) is 39.2 Å². The third kappa shape index (κ3) is 1.27. The minimum Gasteiger partial charge on any atom is -0.458 e. The number of fused-ring (bicyclic) bond motifs is 2. The van der Waals surface area contributed by atoms with E-state index in [1.165, 1.54) is 0 Å². The van der Waals surface area contributed by atoms with Crippen LogP contribution in [-0.2, 0) is 19.1 Å². The van der Waals surface area contributed by atoms with E-state index in [2.05, 4.69) is 6.92 Å². The lowest BCUT2D eigenvalue weighted by Gasteiger charge is -2.51. The summed E-state index contributed by atoms with van der Waals surface area (Å²) in [5.41, 5.74) is 1.52. The van der Waals surface area contributed by atoms with Gasteiger partial charge in [0.05, 0.1) is 5.41 Å². The maximum atomic E-state index is 12.3. The second kappa shape index (κ2) is 3.54. The minimum atomic E-state index is -0.415. The molecule has 2 aliphatic carbocycles. The fraction of sp³-hybridized carbons (Fsp3) is 0.625. The Bertz CT molecular complexity index is 587. The first kappa shape index (κ1) is 12.2. The van der Waals surface area contributed by atoms with E-state index in [9.17, 15) is 9.59 Å². The smallest absolute Gasteiger partial charge is 0.331 e. The molecule has 4 nitrogen and oxygen atoms in total.